The smallest absolute Gasteiger partial charge is 0.255 e. The van der Waals surface area contributed by atoms with Crippen LogP contribution < -0.4 is 10.6 Å². The molecule has 2 N–H and O–H groups in total. The van der Waals surface area contributed by atoms with Gasteiger partial charge in [0.1, 0.15) is 11.6 Å². The van der Waals surface area contributed by atoms with E-state index in [-0.39, 0.29) is 30.1 Å². The molecule has 3 amide bonds. The predicted octanol–water partition coefficient (Wildman–Crippen LogP) is 3.21. The number of hydrogen-bond acceptors (Lipinski definition) is 8. The van der Waals surface area contributed by atoms with E-state index in [0.29, 0.717) is 55.2 Å². The fourth-order valence-corrected chi connectivity index (χ4v) is 5.77. The molecule has 2 atom stereocenters. The average molecular weight is 618 g/mol. The molecule has 232 valence electrons. The third kappa shape index (κ3) is 7.09. The number of fused-ring (bicyclic) bond motifs is 2. The van der Waals surface area contributed by atoms with E-state index in [0.717, 1.165) is 16.8 Å². The topological polar surface area (TPSA) is 140 Å². The van der Waals surface area contributed by atoms with Crippen LogP contribution in [0.15, 0.2) is 48.8 Å². The Morgan fingerprint density at radius 2 is 1.89 bits per heavy atom. The summed E-state index contributed by atoms with van der Waals surface area (Å²) in [7, 11) is 1.81. The Morgan fingerprint density at radius 3 is 2.64 bits per heavy atom. The van der Waals surface area contributed by atoms with Crippen LogP contribution in [0.5, 0.6) is 0 Å². The lowest BCUT2D eigenvalue weighted by Gasteiger charge is -2.28. The molecule has 0 fully saturated rings. The van der Waals surface area contributed by atoms with E-state index in [1.165, 1.54) is 0 Å². The summed E-state index contributed by atoms with van der Waals surface area (Å²) in [6.45, 7) is 5.05. The lowest BCUT2D eigenvalue weighted by Crippen LogP contribution is -2.49. The molecule has 0 spiro atoms. The van der Waals surface area contributed by atoms with Gasteiger partial charge in [-0.25, -0.2) is 9.67 Å². The van der Waals surface area contributed by atoms with Crippen LogP contribution in [0.4, 0.5) is 0 Å². The highest BCUT2D eigenvalue weighted by Gasteiger charge is 2.30. The lowest BCUT2D eigenvalue weighted by molar-refractivity contribution is -0.129. The second-order valence-electron chi connectivity index (χ2n) is 11.3. The minimum Gasteiger partial charge on any atom is -0.344 e. The molecule has 1 aromatic carbocycles. The van der Waals surface area contributed by atoms with Gasteiger partial charge in [-0.3, -0.25) is 24.0 Å². The highest BCUT2D eigenvalue weighted by Crippen LogP contribution is 2.25. The first-order valence-corrected chi connectivity index (χ1v) is 16.3. The van der Waals surface area contributed by atoms with Crippen molar-refractivity contribution in [3.63, 3.8) is 0 Å². The number of hydrogen-bond donors (Lipinski definition) is 2. The Morgan fingerprint density at radius 1 is 1.09 bits per heavy atom. The Kier molecular flexibility index (Phi) is 9.93. The number of thioether (sulfide) groups is 1. The number of aromatic nitrogens is 6. The van der Waals surface area contributed by atoms with Crippen molar-refractivity contribution in [2.24, 2.45) is 13.0 Å². The molecule has 13 heteroatoms. The van der Waals surface area contributed by atoms with Crippen molar-refractivity contribution in [1.29, 1.82) is 0 Å². The molecule has 0 aliphatic carbocycles. The molecular weight excluding hydrogens is 578 g/mol. The zero-order valence-corrected chi connectivity index (χ0v) is 26.4. The Labute approximate surface area is 261 Å². The van der Waals surface area contributed by atoms with Crippen LogP contribution in [-0.4, -0.2) is 83.3 Å². The Hall–Kier alpha value is -4.26. The number of pyridine rings is 1. The van der Waals surface area contributed by atoms with Crippen molar-refractivity contribution >= 4 is 40.5 Å². The minimum atomic E-state index is -0.682. The van der Waals surface area contributed by atoms with Crippen molar-refractivity contribution < 1.29 is 14.4 Å². The average Bonchev–Trinajstić information content (AvgIpc) is 3.62. The number of amides is 3. The quantitative estimate of drug-likeness (QED) is 0.336. The van der Waals surface area contributed by atoms with Gasteiger partial charge < -0.3 is 15.5 Å². The van der Waals surface area contributed by atoms with Gasteiger partial charge in [0.2, 0.25) is 11.8 Å². The number of aryl methyl sites for hydroxylation is 1. The molecule has 1 aliphatic heterocycles. The van der Waals surface area contributed by atoms with Crippen molar-refractivity contribution in [3.05, 3.63) is 60.2 Å². The van der Waals surface area contributed by atoms with E-state index in [1.54, 1.807) is 44.5 Å². The van der Waals surface area contributed by atoms with Crippen molar-refractivity contribution in [2.75, 3.05) is 25.1 Å². The molecule has 5 rings (SSSR count). The molecule has 4 heterocycles. The molecule has 0 unspecified atom stereocenters. The fraction of sp³-hybridized carbons (Fsp3) is 0.452. The van der Waals surface area contributed by atoms with Crippen LogP contribution in [-0.2, 0) is 23.2 Å². The van der Waals surface area contributed by atoms with Gasteiger partial charge in [-0.15, -0.1) is 0 Å². The summed E-state index contributed by atoms with van der Waals surface area (Å²) in [4.78, 5) is 51.5. The van der Waals surface area contributed by atoms with E-state index in [2.05, 4.69) is 20.7 Å². The van der Waals surface area contributed by atoms with Gasteiger partial charge >= 0.3 is 0 Å². The van der Waals surface area contributed by atoms with E-state index >= 15 is 0 Å². The molecule has 0 bridgehead atoms. The van der Waals surface area contributed by atoms with Crippen LogP contribution in [0, 0.1) is 5.92 Å². The maximum atomic E-state index is 13.9. The number of nitrogens with one attached hydrogen (secondary N) is 2. The van der Waals surface area contributed by atoms with Crippen molar-refractivity contribution in [2.45, 2.75) is 51.7 Å². The molecule has 0 saturated carbocycles. The molecule has 44 heavy (non-hydrogen) atoms. The summed E-state index contributed by atoms with van der Waals surface area (Å²) in [6.07, 6.45) is 6.33. The lowest BCUT2D eigenvalue weighted by atomic mass is 10.0. The zero-order chi connectivity index (χ0) is 31.2. The second-order valence-corrected chi connectivity index (χ2v) is 12.3. The fourth-order valence-electron chi connectivity index (χ4n) is 5.30. The van der Waals surface area contributed by atoms with Crippen molar-refractivity contribution in [1.82, 2.24) is 45.1 Å². The first-order valence-electron chi connectivity index (χ1n) is 14.9. The molecule has 12 nitrogen and oxygen atoms in total. The molecular formula is C31H39N9O3S. The highest BCUT2D eigenvalue weighted by molar-refractivity contribution is 7.98. The summed E-state index contributed by atoms with van der Waals surface area (Å²) < 4.78 is 3.49. The van der Waals surface area contributed by atoms with Crippen molar-refractivity contribution in [3.8, 4) is 11.4 Å². The standard InChI is InChI=1S/C31H39N9O3S/c1-20(2)27-29-36-28(21-9-6-5-7-10-21)37-40(29)15-14-39(31(43)22-17-25-24(32-18-22)19-33-38(25)3)13-8-11-26(41)34-23(12-16-44-4)30(42)35-27/h5-7,9-10,17-20,23,27H,8,11-16H2,1-4H3,(H,34,41)(H,35,42)/t23-,27+/m0/s1. The maximum absolute atomic E-state index is 13.9. The van der Waals surface area contributed by atoms with E-state index in [4.69, 9.17) is 10.1 Å². The molecule has 0 saturated heterocycles. The summed E-state index contributed by atoms with van der Waals surface area (Å²) in [5.41, 5.74) is 2.77. The van der Waals surface area contributed by atoms with E-state index in [9.17, 15) is 14.4 Å². The van der Waals surface area contributed by atoms with Gasteiger partial charge in [0.25, 0.3) is 5.91 Å². The van der Waals surface area contributed by atoms with Crippen LogP contribution in [0.2, 0.25) is 0 Å². The van der Waals surface area contributed by atoms with Crippen LogP contribution in [0.3, 0.4) is 0 Å². The number of carbonyl (C=O) groups excluding carboxylic acids is 3. The van der Waals surface area contributed by atoms with Gasteiger partial charge in [-0.05, 0) is 36.8 Å². The maximum Gasteiger partial charge on any atom is 0.255 e. The third-order valence-corrected chi connectivity index (χ3v) is 8.43. The number of rotatable bonds is 6. The Balaban J connectivity index is 1.52. The molecule has 1 aliphatic rings. The van der Waals surface area contributed by atoms with Gasteiger partial charge in [-0.2, -0.15) is 22.0 Å². The van der Waals surface area contributed by atoms with E-state index in [1.807, 2.05) is 57.5 Å². The monoisotopic (exact) mass is 617 g/mol. The van der Waals surface area contributed by atoms with Gasteiger partial charge in [0.15, 0.2) is 11.6 Å². The first kappa shape index (κ1) is 31.2. The summed E-state index contributed by atoms with van der Waals surface area (Å²) in [6, 6.07) is 10.3. The van der Waals surface area contributed by atoms with Gasteiger partial charge in [-0.1, -0.05) is 44.2 Å². The Bertz CT molecular complexity index is 1620. The highest BCUT2D eigenvalue weighted by atomic mass is 32.2. The van der Waals surface area contributed by atoms with Crippen LogP contribution >= 0.6 is 11.8 Å². The molecule has 0 radical (unpaired) electrons. The zero-order valence-electron chi connectivity index (χ0n) is 25.6. The van der Waals surface area contributed by atoms with Crippen LogP contribution in [0.25, 0.3) is 22.4 Å². The summed E-state index contributed by atoms with van der Waals surface area (Å²) >= 11 is 1.62. The van der Waals surface area contributed by atoms with Gasteiger partial charge in [0.05, 0.1) is 29.9 Å². The second kappa shape index (κ2) is 14.0. The normalized spacial score (nSPS) is 18.5. The third-order valence-electron chi connectivity index (χ3n) is 7.78. The first-order chi connectivity index (χ1) is 21.2. The molecule has 4 aromatic rings. The molecule has 3 aromatic heterocycles. The number of benzene rings is 1. The number of nitrogens with zero attached hydrogens (tertiary/aromatic N) is 7. The number of carbonyl (C=O) groups is 3. The summed E-state index contributed by atoms with van der Waals surface area (Å²) in [5.74, 6) is 1.19. The van der Waals surface area contributed by atoms with Gasteiger partial charge in [0, 0.05) is 38.3 Å². The SMILES string of the molecule is CSCC[C@@H]1NC(=O)CCCN(C(=O)c2cnc3cnn(C)c3c2)CCn2nc(-c3ccccc3)nc2[C@@H](C(C)C)NC1=O. The van der Waals surface area contributed by atoms with Crippen LogP contribution in [0.1, 0.15) is 55.3 Å². The minimum absolute atomic E-state index is 0.0234. The largest absolute Gasteiger partial charge is 0.344 e. The van der Waals surface area contributed by atoms with E-state index < -0.39 is 12.1 Å². The summed E-state index contributed by atoms with van der Waals surface area (Å²) in [5, 5.41) is 15.2. The predicted molar refractivity (Wildman–Crippen MR) is 170 cm³/mol.